The van der Waals surface area contributed by atoms with E-state index >= 15 is 0 Å². The van der Waals surface area contributed by atoms with Gasteiger partial charge in [0, 0.05) is 21.9 Å². The molecular formula is C22H15N3. The number of benzene rings is 3. The molecule has 3 nitrogen and oxygen atoms in total. The zero-order chi connectivity index (χ0) is 16.6. The fraction of sp³-hybridized carbons (Fsp3) is 0. The topological polar surface area (TPSA) is 30.2 Å². The zero-order valence-electron chi connectivity index (χ0n) is 13.5. The SMILES string of the molecule is c1ccc(-c2nn3c(-c4ccccc4)cnc3c3ccccc23)cc1. The Morgan fingerprint density at radius 1 is 0.600 bits per heavy atom. The molecule has 0 unspecified atom stereocenters. The molecule has 0 aliphatic rings. The lowest BCUT2D eigenvalue weighted by molar-refractivity contribution is 0.961. The molecule has 3 aromatic carbocycles. The van der Waals surface area contributed by atoms with E-state index in [4.69, 9.17) is 5.10 Å². The van der Waals surface area contributed by atoms with Gasteiger partial charge in [0.15, 0.2) is 5.65 Å². The molecule has 0 N–H and O–H groups in total. The summed E-state index contributed by atoms with van der Waals surface area (Å²) in [6.07, 6.45) is 1.90. The maximum atomic E-state index is 4.96. The number of rotatable bonds is 2. The van der Waals surface area contributed by atoms with Crippen LogP contribution >= 0.6 is 0 Å². The van der Waals surface area contributed by atoms with Crippen molar-refractivity contribution in [3.8, 4) is 22.5 Å². The summed E-state index contributed by atoms with van der Waals surface area (Å²) in [6.45, 7) is 0. The second-order valence-electron chi connectivity index (χ2n) is 6.01. The van der Waals surface area contributed by atoms with Crippen molar-refractivity contribution in [3.05, 3.63) is 91.1 Å². The molecule has 0 aliphatic heterocycles. The van der Waals surface area contributed by atoms with Gasteiger partial charge in [-0.25, -0.2) is 9.50 Å². The van der Waals surface area contributed by atoms with Crippen LogP contribution in [0, 0.1) is 0 Å². The van der Waals surface area contributed by atoms with Crippen LogP contribution in [0.2, 0.25) is 0 Å². The summed E-state index contributed by atoms with van der Waals surface area (Å²) >= 11 is 0. The van der Waals surface area contributed by atoms with E-state index in [9.17, 15) is 0 Å². The number of hydrogen-bond acceptors (Lipinski definition) is 2. The molecule has 0 saturated carbocycles. The monoisotopic (exact) mass is 321 g/mol. The van der Waals surface area contributed by atoms with Crippen molar-refractivity contribution in [1.29, 1.82) is 0 Å². The van der Waals surface area contributed by atoms with Crippen molar-refractivity contribution < 1.29 is 0 Å². The first-order valence-electron chi connectivity index (χ1n) is 8.29. The molecule has 0 fully saturated rings. The molecule has 25 heavy (non-hydrogen) atoms. The molecular weight excluding hydrogens is 306 g/mol. The van der Waals surface area contributed by atoms with E-state index in [1.54, 1.807) is 0 Å². The van der Waals surface area contributed by atoms with Gasteiger partial charge in [-0.2, -0.15) is 5.10 Å². The van der Waals surface area contributed by atoms with Crippen LogP contribution in [0.25, 0.3) is 38.9 Å². The summed E-state index contributed by atoms with van der Waals surface area (Å²) in [4.78, 5) is 4.66. The smallest absolute Gasteiger partial charge is 0.162 e. The standard InChI is InChI=1S/C22H15N3/c1-3-9-16(10-4-1)20-15-23-22-19-14-8-7-13-18(19)21(24-25(20)22)17-11-5-2-6-12-17/h1-15H. The Labute approximate surface area is 145 Å². The number of fused-ring (bicyclic) bond motifs is 3. The van der Waals surface area contributed by atoms with Crippen molar-refractivity contribution in [3.63, 3.8) is 0 Å². The summed E-state index contributed by atoms with van der Waals surface area (Å²) in [7, 11) is 0. The predicted molar refractivity (Wildman–Crippen MR) is 101 cm³/mol. The van der Waals surface area contributed by atoms with E-state index in [-0.39, 0.29) is 0 Å². The van der Waals surface area contributed by atoms with Crippen LogP contribution in [0.4, 0.5) is 0 Å². The average molecular weight is 321 g/mol. The number of hydrogen-bond donors (Lipinski definition) is 0. The Hall–Kier alpha value is -3.46. The highest BCUT2D eigenvalue weighted by molar-refractivity contribution is 6.02. The molecule has 0 saturated heterocycles. The maximum absolute atomic E-state index is 4.96. The van der Waals surface area contributed by atoms with Crippen molar-refractivity contribution in [2.75, 3.05) is 0 Å². The largest absolute Gasteiger partial charge is 0.234 e. The summed E-state index contributed by atoms with van der Waals surface area (Å²) in [5.74, 6) is 0. The Bertz CT molecular complexity index is 1180. The van der Waals surface area contributed by atoms with Crippen LogP contribution in [-0.2, 0) is 0 Å². The first kappa shape index (κ1) is 13.9. The fourth-order valence-corrected chi connectivity index (χ4v) is 3.28. The quantitative estimate of drug-likeness (QED) is 0.446. The van der Waals surface area contributed by atoms with Gasteiger partial charge in [0.25, 0.3) is 0 Å². The van der Waals surface area contributed by atoms with Gasteiger partial charge in [0.05, 0.1) is 17.6 Å². The van der Waals surface area contributed by atoms with Gasteiger partial charge in [-0.1, -0.05) is 84.9 Å². The molecule has 5 aromatic rings. The van der Waals surface area contributed by atoms with Gasteiger partial charge in [-0.05, 0) is 0 Å². The Morgan fingerprint density at radius 3 is 1.92 bits per heavy atom. The second-order valence-corrected chi connectivity index (χ2v) is 6.01. The molecule has 5 rings (SSSR count). The van der Waals surface area contributed by atoms with Gasteiger partial charge in [-0.3, -0.25) is 0 Å². The van der Waals surface area contributed by atoms with Crippen molar-refractivity contribution in [2.45, 2.75) is 0 Å². The highest BCUT2D eigenvalue weighted by Crippen LogP contribution is 2.31. The molecule has 0 bridgehead atoms. The Kier molecular flexibility index (Phi) is 3.10. The van der Waals surface area contributed by atoms with E-state index < -0.39 is 0 Å². The first-order valence-corrected chi connectivity index (χ1v) is 8.29. The van der Waals surface area contributed by atoms with E-state index in [0.717, 1.165) is 38.9 Å². The molecule has 0 amide bonds. The third-order valence-corrected chi connectivity index (χ3v) is 4.48. The number of imidazole rings is 1. The lowest BCUT2D eigenvalue weighted by atomic mass is 10.1. The van der Waals surface area contributed by atoms with Crippen LogP contribution in [0.5, 0.6) is 0 Å². The highest BCUT2D eigenvalue weighted by atomic mass is 15.3. The molecule has 2 aromatic heterocycles. The van der Waals surface area contributed by atoms with Crippen LogP contribution in [-0.4, -0.2) is 14.6 Å². The normalized spacial score (nSPS) is 11.2. The third kappa shape index (κ3) is 2.21. The minimum atomic E-state index is 0.883. The van der Waals surface area contributed by atoms with Crippen molar-refractivity contribution >= 4 is 16.4 Å². The predicted octanol–water partition coefficient (Wildman–Crippen LogP) is 5.22. The minimum absolute atomic E-state index is 0.883. The Morgan fingerprint density at radius 2 is 1.20 bits per heavy atom. The summed E-state index contributed by atoms with van der Waals surface area (Å²) in [5, 5.41) is 7.19. The minimum Gasteiger partial charge on any atom is -0.234 e. The number of aromatic nitrogens is 3. The summed E-state index contributed by atoms with van der Waals surface area (Å²) in [6, 6.07) is 28.9. The number of nitrogens with zero attached hydrogens (tertiary/aromatic N) is 3. The van der Waals surface area contributed by atoms with Crippen molar-refractivity contribution in [2.24, 2.45) is 0 Å². The van der Waals surface area contributed by atoms with Crippen LogP contribution < -0.4 is 0 Å². The van der Waals surface area contributed by atoms with Crippen LogP contribution in [0.15, 0.2) is 91.1 Å². The Balaban J connectivity index is 1.90. The summed E-state index contributed by atoms with van der Waals surface area (Å²) in [5.41, 5.74) is 5.07. The molecule has 0 radical (unpaired) electrons. The fourth-order valence-electron chi connectivity index (χ4n) is 3.28. The van der Waals surface area contributed by atoms with Crippen molar-refractivity contribution in [1.82, 2.24) is 14.6 Å². The highest BCUT2D eigenvalue weighted by Gasteiger charge is 2.14. The average Bonchev–Trinajstić information content (AvgIpc) is 3.13. The lowest BCUT2D eigenvalue weighted by Gasteiger charge is -2.09. The summed E-state index contributed by atoms with van der Waals surface area (Å²) < 4.78 is 1.96. The molecule has 2 heterocycles. The van der Waals surface area contributed by atoms with Crippen LogP contribution in [0.3, 0.4) is 0 Å². The first-order chi connectivity index (χ1) is 12.4. The molecule has 0 spiro atoms. The van der Waals surface area contributed by atoms with E-state index in [0.29, 0.717) is 0 Å². The molecule has 0 aliphatic carbocycles. The van der Waals surface area contributed by atoms with E-state index in [1.807, 2.05) is 59.2 Å². The third-order valence-electron chi connectivity index (χ3n) is 4.48. The molecule has 118 valence electrons. The van der Waals surface area contributed by atoms with Gasteiger partial charge in [-0.15, -0.1) is 0 Å². The molecule has 3 heteroatoms. The van der Waals surface area contributed by atoms with E-state index in [2.05, 4.69) is 41.4 Å². The van der Waals surface area contributed by atoms with Gasteiger partial charge >= 0.3 is 0 Å². The second kappa shape index (κ2) is 5.56. The molecule has 0 atom stereocenters. The maximum Gasteiger partial charge on any atom is 0.162 e. The van der Waals surface area contributed by atoms with Crippen LogP contribution in [0.1, 0.15) is 0 Å². The van der Waals surface area contributed by atoms with Gasteiger partial charge < -0.3 is 0 Å². The lowest BCUT2D eigenvalue weighted by Crippen LogP contribution is -1.99. The van der Waals surface area contributed by atoms with Gasteiger partial charge in [0.2, 0.25) is 0 Å². The van der Waals surface area contributed by atoms with E-state index in [1.165, 1.54) is 0 Å². The zero-order valence-corrected chi connectivity index (χ0v) is 13.5. The van der Waals surface area contributed by atoms with Gasteiger partial charge in [0.1, 0.15) is 0 Å².